The van der Waals surface area contributed by atoms with Crippen LogP contribution in [0, 0.1) is 6.92 Å². The average molecular weight is 827 g/mol. The topological polar surface area (TPSA) is 193 Å². The summed E-state index contributed by atoms with van der Waals surface area (Å²) < 4.78 is 0. The molecule has 0 unspecified atom stereocenters. The Morgan fingerprint density at radius 3 is 1.77 bits per heavy atom. The van der Waals surface area contributed by atoms with Gasteiger partial charge in [0.15, 0.2) is 0 Å². The van der Waals surface area contributed by atoms with E-state index in [1.807, 2.05) is 122 Å². The second-order valence-corrected chi connectivity index (χ2v) is 15.3. The molecule has 0 spiro atoms. The number of hydrogen-bond acceptors (Lipinski definition) is 7. The number of aryl methyl sites for hydroxylation is 1. The predicted molar refractivity (Wildman–Crippen MR) is 225 cm³/mol. The van der Waals surface area contributed by atoms with E-state index in [1.165, 1.54) is 16.1 Å². The highest BCUT2D eigenvalue weighted by Gasteiger charge is 2.42. The largest absolute Gasteiger partial charge is 0.480 e. The lowest BCUT2D eigenvalue weighted by Crippen LogP contribution is -2.53. The van der Waals surface area contributed by atoms with E-state index in [2.05, 4.69) is 15.3 Å². The number of likely N-dealkylation sites (tertiary alicyclic amines) is 2. The van der Waals surface area contributed by atoms with Gasteiger partial charge in [-0.25, -0.2) is 14.6 Å². The van der Waals surface area contributed by atoms with Crippen molar-refractivity contribution in [1.82, 2.24) is 30.0 Å². The Kier molecular flexibility index (Phi) is 14.8. The Hall–Kier alpha value is -7.09. The van der Waals surface area contributed by atoms with Crippen LogP contribution < -0.4 is 5.32 Å². The number of carbonyl (C=O) groups excluding carboxylic acids is 4. The van der Waals surface area contributed by atoms with E-state index in [9.17, 15) is 39.0 Å². The number of imidazole rings is 1. The summed E-state index contributed by atoms with van der Waals surface area (Å²) >= 11 is 0. The summed E-state index contributed by atoms with van der Waals surface area (Å²) in [5.74, 6) is -3.15. The second kappa shape index (κ2) is 20.7. The second-order valence-electron chi connectivity index (χ2n) is 15.3. The molecule has 61 heavy (non-hydrogen) atoms. The number of aromatic amines is 1. The molecule has 0 radical (unpaired) electrons. The summed E-state index contributed by atoms with van der Waals surface area (Å²) in [6.07, 6.45) is 4.65. The fraction of sp³-hybridized carbons (Fsp3) is 0.298. The van der Waals surface area contributed by atoms with Crippen molar-refractivity contribution >= 4 is 35.6 Å². The van der Waals surface area contributed by atoms with Crippen LogP contribution in [0.4, 0.5) is 0 Å². The van der Waals surface area contributed by atoms with Crippen molar-refractivity contribution in [2.75, 3.05) is 0 Å². The van der Waals surface area contributed by atoms with Crippen LogP contribution in [0.5, 0.6) is 0 Å². The monoisotopic (exact) mass is 826 g/mol. The summed E-state index contributed by atoms with van der Waals surface area (Å²) in [5.41, 5.74) is 5.25. The normalized spacial score (nSPS) is 16.9. The molecule has 14 heteroatoms. The van der Waals surface area contributed by atoms with Gasteiger partial charge < -0.3 is 35.2 Å². The van der Waals surface area contributed by atoms with Crippen LogP contribution >= 0.6 is 0 Å². The maximum absolute atomic E-state index is 13.9. The predicted octanol–water partition coefficient (Wildman–Crippen LogP) is 4.92. The first kappa shape index (κ1) is 43.5. The Bertz CT molecular complexity index is 2250. The van der Waals surface area contributed by atoms with E-state index < -0.39 is 42.0 Å². The number of aromatic nitrogens is 2. The molecule has 2 aliphatic heterocycles. The molecule has 14 nitrogen and oxygen atoms in total. The van der Waals surface area contributed by atoms with E-state index in [0.29, 0.717) is 38.0 Å². The van der Waals surface area contributed by atoms with E-state index >= 15 is 0 Å². The van der Waals surface area contributed by atoms with E-state index in [4.69, 9.17) is 0 Å². The number of carboxylic acids is 2. The third-order valence-corrected chi connectivity index (χ3v) is 10.9. The smallest absolute Gasteiger partial charge is 0.326 e. The van der Waals surface area contributed by atoms with E-state index in [0.717, 1.165) is 27.8 Å². The Balaban J connectivity index is 0.000000210. The molecule has 0 bridgehead atoms. The lowest BCUT2D eigenvalue weighted by molar-refractivity contribution is -0.154. The molecule has 4 aromatic carbocycles. The number of carbonyl (C=O) groups is 6. The van der Waals surface area contributed by atoms with Crippen molar-refractivity contribution in [3.63, 3.8) is 0 Å². The zero-order valence-electron chi connectivity index (χ0n) is 33.9. The fourth-order valence-corrected chi connectivity index (χ4v) is 7.63. The molecule has 1 aromatic heterocycles. The molecule has 316 valence electrons. The molecule has 4 amide bonds. The Labute approximate surface area is 354 Å². The summed E-state index contributed by atoms with van der Waals surface area (Å²) in [6.45, 7) is 2.78. The van der Waals surface area contributed by atoms with E-state index in [1.54, 1.807) is 11.1 Å². The molecule has 0 aliphatic carbocycles. The minimum Gasteiger partial charge on any atom is -0.480 e. The summed E-state index contributed by atoms with van der Waals surface area (Å²) in [6, 6.07) is 32.2. The highest BCUT2D eigenvalue weighted by atomic mass is 16.4. The van der Waals surface area contributed by atoms with Gasteiger partial charge in [-0.15, -0.1) is 0 Å². The van der Waals surface area contributed by atoms with Gasteiger partial charge >= 0.3 is 11.9 Å². The highest BCUT2D eigenvalue weighted by molar-refractivity contribution is 5.94. The summed E-state index contributed by atoms with van der Waals surface area (Å²) in [5, 5.41) is 22.2. The molecule has 3 heterocycles. The number of H-pyrrole nitrogens is 1. The fourth-order valence-electron chi connectivity index (χ4n) is 7.63. The van der Waals surface area contributed by atoms with Crippen LogP contribution in [0.3, 0.4) is 0 Å². The molecular weight excluding hydrogens is 777 g/mol. The first-order chi connectivity index (χ1) is 29.5. The van der Waals surface area contributed by atoms with Crippen molar-refractivity contribution in [1.29, 1.82) is 0 Å². The molecule has 4 N–H and O–H groups in total. The number of hydrogen-bond donors (Lipinski definition) is 4. The highest BCUT2D eigenvalue weighted by Crippen LogP contribution is 2.26. The van der Waals surface area contributed by atoms with Crippen LogP contribution in [0.1, 0.15) is 59.2 Å². The van der Waals surface area contributed by atoms with Gasteiger partial charge in [-0.1, -0.05) is 121 Å². The van der Waals surface area contributed by atoms with Crippen LogP contribution in [-0.2, 0) is 61.2 Å². The van der Waals surface area contributed by atoms with E-state index in [-0.39, 0.29) is 43.5 Å². The van der Waals surface area contributed by atoms with Gasteiger partial charge in [0.2, 0.25) is 23.6 Å². The number of nitrogens with zero attached hydrogens (tertiary/aromatic N) is 4. The molecule has 2 fully saturated rings. The average Bonchev–Trinajstić information content (AvgIpc) is 4.01. The molecule has 0 saturated carbocycles. The van der Waals surface area contributed by atoms with Crippen LogP contribution in [-0.4, -0.2) is 94.6 Å². The molecule has 2 aliphatic rings. The Morgan fingerprint density at radius 2 is 1.23 bits per heavy atom. The van der Waals surface area contributed by atoms with Gasteiger partial charge in [0.25, 0.3) is 0 Å². The third kappa shape index (κ3) is 11.8. The number of nitrogens with one attached hydrogen (secondary N) is 2. The zero-order valence-corrected chi connectivity index (χ0v) is 33.9. The molecule has 7 rings (SSSR count). The lowest BCUT2D eigenvalue weighted by atomic mass is 10.0. The van der Waals surface area contributed by atoms with Gasteiger partial charge in [0.1, 0.15) is 24.2 Å². The van der Waals surface area contributed by atoms with Crippen molar-refractivity contribution in [3.05, 3.63) is 161 Å². The number of carboxylic acid groups (broad SMARTS) is 2. The van der Waals surface area contributed by atoms with Crippen LogP contribution in [0.25, 0.3) is 0 Å². The van der Waals surface area contributed by atoms with Gasteiger partial charge in [0.05, 0.1) is 6.33 Å². The summed E-state index contributed by atoms with van der Waals surface area (Å²) in [4.78, 5) is 86.9. The van der Waals surface area contributed by atoms with Gasteiger partial charge in [0, 0.05) is 57.2 Å². The summed E-state index contributed by atoms with van der Waals surface area (Å²) in [7, 11) is 0. The number of aliphatic carboxylic acids is 2. The Morgan fingerprint density at radius 1 is 0.705 bits per heavy atom. The quantitative estimate of drug-likeness (QED) is 0.107. The van der Waals surface area contributed by atoms with Crippen molar-refractivity contribution in [3.8, 4) is 0 Å². The standard InChI is InChI=1S/C26H28N4O4.C21H22N2O4/c1-18-7-9-20(10-8-18)15-29-22(11-12-24(29)31)25(32)30(16-19-5-3-2-4-6-19)23(26(33)34)13-21-14-27-17-28-21;24-19-12-11-18(23(19)14-16-9-5-2-6-10-16)20(25)22-17(21(26)27)13-15-7-3-1-4-8-15/h2-10,14,17,22-23H,11-13,15-16H2,1H3,(H,27,28)(H,33,34);1-10,17-18H,11-14H2,(H,22,25)(H,26,27)/t22-,23-;17-,18+/m00/s1. The SMILES string of the molecule is Cc1ccc(CN2C(=O)CC[C@H]2C(=O)N(Cc2ccccc2)[C@@H](Cc2cnc[nH]2)C(=O)O)cc1.O=C(O)[C@H](Cc1ccccc1)NC(=O)[C@H]1CCC(=O)N1Cc1ccccc1. The third-order valence-electron chi connectivity index (χ3n) is 10.9. The molecule has 2 saturated heterocycles. The lowest BCUT2D eigenvalue weighted by Gasteiger charge is -2.34. The number of benzene rings is 4. The van der Waals surface area contributed by atoms with Crippen LogP contribution in [0.2, 0.25) is 0 Å². The van der Waals surface area contributed by atoms with Gasteiger partial charge in [-0.2, -0.15) is 0 Å². The maximum atomic E-state index is 13.9. The van der Waals surface area contributed by atoms with Crippen LogP contribution in [0.15, 0.2) is 128 Å². The molecule has 4 atom stereocenters. The first-order valence-corrected chi connectivity index (χ1v) is 20.3. The van der Waals surface area contributed by atoms with Gasteiger partial charge in [-0.05, 0) is 42.0 Å². The molecule has 5 aromatic rings. The van der Waals surface area contributed by atoms with Gasteiger partial charge in [-0.3, -0.25) is 19.2 Å². The minimum atomic E-state index is -1.11. The number of amides is 4. The first-order valence-electron chi connectivity index (χ1n) is 20.3. The number of rotatable bonds is 16. The van der Waals surface area contributed by atoms with Crippen molar-refractivity contribution in [2.24, 2.45) is 0 Å². The maximum Gasteiger partial charge on any atom is 0.326 e. The minimum absolute atomic E-state index is 0.0889. The zero-order chi connectivity index (χ0) is 43.3. The van der Waals surface area contributed by atoms with Crippen molar-refractivity contribution < 1.29 is 39.0 Å². The molecular formula is C47H50N6O8. The van der Waals surface area contributed by atoms with Crippen molar-refractivity contribution in [2.45, 2.75) is 89.3 Å².